The summed E-state index contributed by atoms with van der Waals surface area (Å²) in [6.07, 6.45) is 0. The first-order chi connectivity index (χ1) is 10.0. The fourth-order valence-electron chi connectivity index (χ4n) is 1.82. The molecule has 0 aliphatic heterocycles. The van der Waals surface area contributed by atoms with E-state index in [1.165, 1.54) is 23.5 Å². The molecule has 0 aliphatic carbocycles. The van der Waals surface area contributed by atoms with Crippen molar-refractivity contribution in [1.82, 2.24) is 10.3 Å². The number of benzene rings is 1. The van der Waals surface area contributed by atoms with Crippen molar-refractivity contribution in [2.45, 2.75) is 33.0 Å². The number of hydrogen-bond acceptors (Lipinski definition) is 4. The lowest BCUT2D eigenvalue weighted by molar-refractivity contribution is 0.181. The van der Waals surface area contributed by atoms with Gasteiger partial charge in [-0.05, 0) is 18.2 Å². The third kappa shape index (κ3) is 4.06. The van der Waals surface area contributed by atoms with Crippen LogP contribution >= 0.6 is 11.3 Å². The van der Waals surface area contributed by atoms with Gasteiger partial charge >= 0.3 is 0 Å². The van der Waals surface area contributed by atoms with Crippen molar-refractivity contribution in [3.63, 3.8) is 0 Å². The van der Waals surface area contributed by atoms with Gasteiger partial charge in [0.15, 0.2) is 11.6 Å². The number of nitrogens with one attached hydrogen (secondary N) is 1. The molecule has 0 fully saturated rings. The molecule has 0 spiro atoms. The van der Waals surface area contributed by atoms with Gasteiger partial charge in [0.2, 0.25) is 0 Å². The molecule has 0 unspecified atom stereocenters. The third-order valence-corrected chi connectivity index (χ3v) is 4.04. The van der Waals surface area contributed by atoms with Gasteiger partial charge in [0, 0.05) is 30.1 Å². The molecule has 2 aromatic rings. The minimum Gasteiger partial charge on any atom is -0.378 e. The quantitative estimate of drug-likeness (QED) is 0.882. The molecule has 0 saturated heterocycles. The Morgan fingerprint density at radius 2 is 2.05 bits per heavy atom. The van der Waals surface area contributed by atoms with Crippen molar-refractivity contribution in [3.8, 4) is 10.6 Å². The van der Waals surface area contributed by atoms with E-state index in [0.29, 0.717) is 29.8 Å². The Morgan fingerprint density at radius 1 is 1.29 bits per heavy atom. The average Bonchev–Trinajstić information content (AvgIpc) is 2.83. The van der Waals surface area contributed by atoms with Crippen LogP contribution < -0.4 is 5.32 Å². The molecule has 21 heavy (non-hydrogen) atoms. The lowest BCUT2D eigenvalue weighted by atomic mass is 10.2. The molecule has 1 N–H and O–H groups in total. The highest BCUT2D eigenvalue weighted by atomic mass is 32.1. The van der Waals surface area contributed by atoms with Crippen molar-refractivity contribution < 1.29 is 13.5 Å². The molecule has 0 amide bonds. The SMILES string of the molecule is COCc1nc(-c2ccc(F)c(F)c2)sc1CNC(C)C. The zero-order valence-corrected chi connectivity index (χ0v) is 13.1. The Kier molecular flexibility index (Phi) is 5.39. The highest BCUT2D eigenvalue weighted by Gasteiger charge is 2.14. The average molecular weight is 312 g/mol. The number of rotatable bonds is 6. The van der Waals surface area contributed by atoms with Crippen LogP contribution in [-0.4, -0.2) is 18.1 Å². The predicted octanol–water partition coefficient (Wildman–Crippen LogP) is 3.73. The molecule has 6 heteroatoms. The van der Waals surface area contributed by atoms with Crippen LogP contribution in [0, 0.1) is 11.6 Å². The highest BCUT2D eigenvalue weighted by Crippen LogP contribution is 2.29. The second kappa shape index (κ2) is 7.06. The van der Waals surface area contributed by atoms with Gasteiger partial charge in [-0.15, -0.1) is 11.3 Å². The van der Waals surface area contributed by atoms with Crippen molar-refractivity contribution in [2.24, 2.45) is 0 Å². The van der Waals surface area contributed by atoms with Gasteiger partial charge in [-0.2, -0.15) is 0 Å². The maximum atomic E-state index is 13.3. The number of nitrogens with zero attached hydrogens (tertiary/aromatic N) is 1. The summed E-state index contributed by atoms with van der Waals surface area (Å²) in [5.74, 6) is -1.72. The minimum absolute atomic E-state index is 0.356. The van der Waals surface area contributed by atoms with E-state index >= 15 is 0 Å². The summed E-state index contributed by atoms with van der Waals surface area (Å²) in [6.45, 7) is 5.20. The summed E-state index contributed by atoms with van der Waals surface area (Å²) < 4.78 is 31.5. The van der Waals surface area contributed by atoms with Crippen molar-refractivity contribution in [3.05, 3.63) is 40.4 Å². The standard InChI is InChI=1S/C15H18F2N2OS/c1-9(2)18-7-14-13(8-20-3)19-15(21-14)10-4-5-11(16)12(17)6-10/h4-6,9,18H,7-8H2,1-3H3. The molecule has 1 aromatic heterocycles. The summed E-state index contributed by atoms with van der Waals surface area (Å²) in [7, 11) is 1.61. The molecule has 0 atom stereocenters. The van der Waals surface area contributed by atoms with Gasteiger partial charge in [-0.1, -0.05) is 13.8 Å². The highest BCUT2D eigenvalue weighted by molar-refractivity contribution is 7.15. The van der Waals surface area contributed by atoms with E-state index in [-0.39, 0.29) is 0 Å². The summed E-state index contributed by atoms with van der Waals surface area (Å²) in [5.41, 5.74) is 1.41. The fraction of sp³-hybridized carbons (Fsp3) is 0.400. The van der Waals surface area contributed by atoms with E-state index in [4.69, 9.17) is 4.74 Å². The van der Waals surface area contributed by atoms with Crippen LogP contribution in [0.1, 0.15) is 24.4 Å². The number of methoxy groups -OCH3 is 1. The normalized spacial score (nSPS) is 11.3. The van der Waals surface area contributed by atoms with Crippen LogP contribution in [0.25, 0.3) is 10.6 Å². The van der Waals surface area contributed by atoms with Gasteiger partial charge in [0.05, 0.1) is 12.3 Å². The second-order valence-electron chi connectivity index (χ2n) is 4.99. The second-order valence-corrected chi connectivity index (χ2v) is 6.07. The molecular formula is C15H18F2N2OS. The smallest absolute Gasteiger partial charge is 0.159 e. The lowest BCUT2D eigenvalue weighted by Crippen LogP contribution is -2.21. The molecule has 0 radical (unpaired) electrons. The van der Waals surface area contributed by atoms with Crippen LogP contribution in [0.15, 0.2) is 18.2 Å². The monoisotopic (exact) mass is 312 g/mol. The number of aromatic nitrogens is 1. The fourth-order valence-corrected chi connectivity index (χ4v) is 2.83. The van der Waals surface area contributed by atoms with Gasteiger partial charge < -0.3 is 10.1 Å². The van der Waals surface area contributed by atoms with E-state index < -0.39 is 11.6 Å². The van der Waals surface area contributed by atoms with Gasteiger partial charge in [0.25, 0.3) is 0 Å². The summed E-state index contributed by atoms with van der Waals surface area (Å²) in [5, 5.41) is 3.99. The number of hydrogen-bond donors (Lipinski definition) is 1. The van der Waals surface area contributed by atoms with E-state index in [2.05, 4.69) is 24.1 Å². The number of ether oxygens (including phenoxy) is 1. The molecule has 0 aliphatic rings. The molecule has 114 valence electrons. The molecule has 3 nitrogen and oxygen atoms in total. The van der Waals surface area contributed by atoms with Crippen LogP contribution in [0.2, 0.25) is 0 Å². The zero-order valence-electron chi connectivity index (χ0n) is 12.2. The number of halogens is 2. The first-order valence-corrected chi connectivity index (χ1v) is 7.49. The van der Waals surface area contributed by atoms with Crippen LogP contribution in [0.5, 0.6) is 0 Å². The van der Waals surface area contributed by atoms with E-state index in [1.807, 2.05) is 0 Å². The maximum absolute atomic E-state index is 13.3. The molecular weight excluding hydrogens is 294 g/mol. The summed E-state index contributed by atoms with van der Waals surface area (Å²) in [4.78, 5) is 5.53. The van der Waals surface area contributed by atoms with Gasteiger partial charge in [-0.3, -0.25) is 0 Å². The molecule has 1 aromatic carbocycles. The first kappa shape index (κ1) is 16.0. The predicted molar refractivity (Wildman–Crippen MR) is 80.2 cm³/mol. The van der Waals surface area contributed by atoms with Crippen LogP contribution in [0.3, 0.4) is 0 Å². The Bertz CT molecular complexity index is 614. The Morgan fingerprint density at radius 3 is 2.67 bits per heavy atom. The van der Waals surface area contributed by atoms with E-state index in [1.54, 1.807) is 7.11 Å². The summed E-state index contributed by atoms with van der Waals surface area (Å²) >= 11 is 1.47. The largest absolute Gasteiger partial charge is 0.378 e. The topological polar surface area (TPSA) is 34.1 Å². The summed E-state index contributed by atoms with van der Waals surface area (Å²) in [6, 6.07) is 4.18. The zero-order chi connectivity index (χ0) is 15.4. The Hall–Kier alpha value is -1.37. The Labute approximate surface area is 127 Å². The van der Waals surface area contributed by atoms with E-state index in [9.17, 15) is 8.78 Å². The van der Waals surface area contributed by atoms with Crippen LogP contribution in [-0.2, 0) is 17.9 Å². The first-order valence-electron chi connectivity index (χ1n) is 6.67. The van der Waals surface area contributed by atoms with Gasteiger partial charge in [-0.25, -0.2) is 13.8 Å². The van der Waals surface area contributed by atoms with Crippen molar-refractivity contribution in [1.29, 1.82) is 0 Å². The van der Waals surface area contributed by atoms with Crippen LogP contribution in [0.4, 0.5) is 8.78 Å². The Balaban J connectivity index is 2.31. The van der Waals surface area contributed by atoms with Gasteiger partial charge in [0.1, 0.15) is 5.01 Å². The lowest BCUT2D eigenvalue weighted by Gasteiger charge is -2.07. The maximum Gasteiger partial charge on any atom is 0.159 e. The van der Waals surface area contributed by atoms with E-state index in [0.717, 1.165) is 16.6 Å². The number of thiazole rings is 1. The van der Waals surface area contributed by atoms with Crippen molar-refractivity contribution in [2.75, 3.05) is 7.11 Å². The minimum atomic E-state index is -0.863. The third-order valence-electron chi connectivity index (χ3n) is 2.90. The molecule has 2 rings (SSSR count). The molecule has 0 saturated carbocycles. The molecule has 1 heterocycles. The van der Waals surface area contributed by atoms with Crippen molar-refractivity contribution >= 4 is 11.3 Å². The molecule has 0 bridgehead atoms.